The first-order chi connectivity index (χ1) is 14.6. The topological polar surface area (TPSA) is 58.1 Å². The van der Waals surface area contributed by atoms with Crippen molar-refractivity contribution in [3.05, 3.63) is 89.3 Å². The van der Waals surface area contributed by atoms with Gasteiger partial charge in [-0.05, 0) is 56.1 Å². The van der Waals surface area contributed by atoms with Crippen LogP contribution in [0.5, 0.6) is 0 Å². The van der Waals surface area contributed by atoms with Crippen molar-refractivity contribution in [1.82, 2.24) is 14.9 Å². The summed E-state index contributed by atoms with van der Waals surface area (Å²) in [5.74, 6) is 0.206. The van der Waals surface area contributed by atoms with Crippen LogP contribution < -0.4 is 5.32 Å². The number of amides is 1. The molecule has 1 saturated heterocycles. The number of nitrogens with one attached hydrogen (secondary N) is 1. The summed E-state index contributed by atoms with van der Waals surface area (Å²) in [6, 6.07) is 16.0. The number of carbonyl (C=O) groups is 1. The Labute approximate surface area is 176 Å². The van der Waals surface area contributed by atoms with E-state index in [0.717, 1.165) is 42.8 Å². The van der Waals surface area contributed by atoms with Crippen LogP contribution in [0.25, 0.3) is 0 Å². The Bertz CT molecular complexity index is 1010. The lowest BCUT2D eigenvalue weighted by Gasteiger charge is -2.36. The molecule has 0 bridgehead atoms. The summed E-state index contributed by atoms with van der Waals surface area (Å²) >= 11 is 0. The fraction of sp³-hybridized carbons (Fsp3) is 0.292. The molecule has 3 aromatic rings. The molecule has 1 aliphatic rings. The van der Waals surface area contributed by atoms with Crippen LogP contribution in [0.3, 0.4) is 0 Å². The Hall–Kier alpha value is -3.12. The highest BCUT2D eigenvalue weighted by molar-refractivity contribution is 6.04. The van der Waals surface area contributed by atoms with E-state index in [9.17, 15) is 9.18 Å². The number of aromatic nitrogens is 2. The predicted molar refractivity (Wildman–Crippen MR) is 115 cm³/mol. The molecule has 0 unspecified atom stereocenters. The zero-order valence-electron chi connectivity index (χ0n) is 17.0. The Morgan fingerprint density at radius 3 is 2.67 bits per heavy atom. The van der Waals surface area contributed by atoms with E-state index in [1.807, 2.05) is 49.4 Å². The molecular weight excluding hydrogens is 379 g/mol. The SMILES string of the molecule is Cc1ncc(C(=O)Nc2ccccc2)c([C@@H]2CCCCN2Cc2ccc(F)cc2)n1. The molecular formula is C24H25FN4O. The largest absolute Gasteiger partial charge is 0.322 e. The summed E-state index contributed by atoms with van der Waals surface area (Å²) in [4.78, 5) is 24.3. The number of carbonyl (C=O) groups excluding carboxylic acids is 1. The number of anilines is 1. The molecule has 1 atom stereocenters. The fourth-order valence-corrected chi connectivity index (χ4v) is 3.95. The Morgan fingerprint density at radius 1 is 1.13 bits per heavy atom. The van der Waals surface area contributed by atoms with E-state index < -0.39 is 0 Å². The molecule has 30 heavy (non-hydrogen) atoms. The number of nitrogens with zero attached hydrogens (tertiary/aromatic N) is 3. The third kappa shape index (κ3) is 4.71. The first kappa shape index (κ1) is 20.2. The van der Waals surface area contributed by atoms with Gasteiger partial charge in [-0.1, -0.05) is 36.8 Å². The predicted octanol–water partition coefficient (Wildman–Crippen LogP) is 4.90. The average Bonchev–Trinajstić information content (AvgIpc) is 2.76. The van der Waals surface area contributed by atoms with E-state index in [1.165, 1.54) is 12.1 Å². The number of rotatable bonds is 5. The number of piperidine rings is 1. The average molecular weight is 404 g/mol. The maximum absolute atomic E-state index is 13.3. The highest BCUT2D eigenvalue weighted by atomic mass is 19.1. The maximum atomic E-state index is 13.3. The number of halogens is 1. The molecule has 1 amide bonds. The lowest BCUT2D eigenvalue weighted by molar-refractivity contribution is 0.101. The van der Waals surface area contributed by atoms with E-state index >= 15 is 0 Å². The van der Waals surface area contributed by atoms with Crippen LogP contribution in [0, 0.1) is 12.7 Å². The first-order valence-electron chi connectivity index (χ1n) is 10.3. The molecule has 154 valence electrons. The normalized spacial score (nSPS) is 16.9. The van der Waals surface area contributed by atoms with E-state index in [1.54, 1.807) is 6.20 Å². The number of hydrogen-bond donors (Lipinski definition) is 1. The number of benzene rings is 2. The minimum atomic E-state index is -0.236. The van der Waals surface area contributed by atoms with Gasteiger partial charge >= 0.3 is 0 Å². The highest BCUT2D eigenvalue weighted by Crippen LogP contribution is 2.33. The van der Waals surface area contributed by atoms with Crippen LogP contribution in [-0.2, 0) is 6.54 Å². The zero-order valence-corrected chi connectivity index (χ0v) is 17.0. The molecule has 1 aromatic heterocycles. The summed E-state index contributed by atoms with van der Waals surface area (Å²) in [5, 5.41) is 2.95. The van der Waals surface area contributed by atoms with Gasteiger partial charge in [0.1, 0.15) is 11.6 Å². The summed E-state index contributed by atoms with van der Waals surface area (Å²) in [5.41, 5.74) is 3.04. The van der Waals surface area contributed by atoms with E-state index in [2.05, 4.69) is 15.2 Å². The van der Waals surface area contributed by atoms with Crippen molar-refractivity contribution < 1.29 is 9.18 Å². The molecule has 0 spiro atoms. The van der Waals surface area contributed by atoms with Crippen LogP contribution in [-0.4, -0.2) is 27.3 Å². The van der Waals surface area contributed by atoms with Crippen molar-refractivity contribution in [1.29, 1.82) is 0 Å². The third-order valence-electron chi connectivity index (χ3n) is 5.44. The van der Waals surface area contributed by atoms with Crippen molar-refractivity contribution in [2.45, 2.75) is 38.8 Å². The number of para-hydroxylation sites is 1. The number of hydrogen-bond acceptors (Lipinski definition) is 4. The van der Waals surface area contributed by atoms with Gasteiger partial charge in [0.2, 0.25) is 0 Å². The summed E-state index contributed by atoms with van der Waals surface area (Å²) < 4.78 is 13.3. The molecule has 2 aromatic carbocycles. The van der Waals surface area contributed by atoms with Gasteiger partial charge in [-0.15, -0.1) is 0 Å². The van der Waals surface area contributed by atoms with Crippen LogP contribution in [0.2, 0.25) is 0 Å². The maximum Gasteiger partial charge on any atom is 0.259 e. The minimum Gasteiger partial charge on any atom is -0.322 e. The van der Waals surface area contributed by atoms with Crippen molar-refractivity contribution >= 4 is 11.6 Å². The monoisotopic (exact) mass is 404 g/mol. The lowest BCUT2D eigenvalue weighted by atomic mass is 9.95. The van der Waals surface area contributed by atoms with Gasteiger partial charge in [0.25, 0.3) is 5.91 Å². The van der Waals surface area contributed by atoms with Crippen molar-refractivity contribution in [2.75, 3.05) is 11.9 Å². The van der Waals surface area contributed by atoms with Gasteiger partial charge in [-0.2, -0.15) is 0 Å². The molecule has 0 aliphatic carbocycles. The van der Waals surface area contributed by atoms with Crippen LogP contribution >= 0.6 is 0 Å². The first-order valence-corrected chi connectivity index (χ1v) is 10.3. The second-order valence-corrected chi connectivity index (χ2v) is 7.64. The highest BCUT2D eigenvalue weighted by Gasteiger charge is 2.29. The van der Waals surface area contributed by atoms with Crippen molar-refractivity contribution in [2.24, 2.45) is 0 Å². The summed E-state index contributed by atoms with van der Waals surface area (Å²) in [6.07, 6.45) is 4.71. The molecule has 2 heterocycles. The molecule has 1 aliphatic heterocycles. The van der Waals surface area contributed by atoms with Gasteiger partial charge in [0.15, 0.2) is 0 Å². The zero-order chi connectivity index (χ0) is 20.9. The second-order valence-electron chi connectivity index (χ2n) is 7.64. The van der Waals surface area contributed by atoms with Gasteiger partial charge in [0, 0.05) is 18.4 Å². The van der Waals surface area contributed by atoms with Crippen LogP contribution in [0.15, 0.2) is 60.8 Å². The van der Waals surface area contributed by atoms with Crippen LogP contribution in [0.1, 0.15) is 52.7 Å². The Morgan fingerprint density at radius 2 is 1.90 bits per heavy atom. The standard InChI is InChI=1S/C24H25FN4O/c1-17-26-15-21(24(30)28-20-7-3-2-4-8-20)23(27-17)22-9-5-6-14-29(22)16-18-10-12-19(25)13-11-18/h2-4,7-8,10-13,15,22H,5-6,9,14,16H2,1H3,(H,28,30)/t22-/m0/s1. The van der Waals surface area contributed by atoms with E-state index in [0.29, 0.717) is 17.9 Å². The molecule has 0 saturated carbocycles. The third-order valence-corrected chi connectivity index (χ3v) is 5.44. The lowest BCUT2D eigenvalue weighted by Crippen LogP contribution is -2.35. The van der Waals surface area contributed by atoms with Crippen molar-refractivity contribution in [3.63, 3.8) is 0 Å². The smallest absolute Gasteiger partial charge is 0.259 e. The molecule has 5 nitrogen and oxygen atoms in total. The summed E-state index contributed by atoms with van der Waals surface area (Å²) in [6.45, 7) is 3.44. The van der Waals surface area contributed by atoms with Gasteiger partial charge in [-0.3, -0.25) is 9.69 Å². The van der Waals surface area contributed by atoms with E-state index in [-0.39, 0.29) is 17.8 Å². The number of aryl methyl sites for hydroxylation is 1. The summed E-state index contributed by atoms with van der Waals surface area (Å²) in [7, 11) is 0. The Kier molecular flexibility index (Phi) is 6.14. The molecule has 1 fully saturated rings. The van der Waals surface area contributed by atoms with Crippen LogP contribution in [0.4, 0.5) is 10.1 Å². The number of likely N-dealkylation sites (tertiary alicyclic amines) is 1. The van der Waals surface area contributed by atoms with E-state index in [4.69, 9.17) is 4.98 Å². The van der Waals surface area contributed by atoms with Gasteiger partial charge < -0.3 is 5.32 Å². The van der Waals surface area contributed by atoms with Gasteiger partial charge in [0.05, 0.1) is 17.3 Å². The van der Waals surface area contributed by atoms with Crippen molar-refractivity contribution in [3.8, 4) is 0 Å². The van der Waals surface area contributed by atoms with Gasteiger partial charge in [-0.25, -0.2) is 14.4 Å². The minimum absolute atomic E-state index is 0.0158. The molecule has 1 N–H and O–H groups in total. The second kappa shape index (κ2) is 9.13. The fourth-order valence-electron chi connectivity index (χ4n) is 3.95. The molecule has 0 radical (unpaired) electrons. The molecule has 4 rings (SSSR count). The molecule has 6 heteroatoms. The Balaban J connectivity index is 1.62. The quantitative estimate of drug-likeness (QED) is 0.657.